The van der Waals surface area contributed by atoms with Gasteiger partial charge >= 0.3 is 5.97 Å². The predicted molar refractivity (Wildman–Crippen MR) is 85.5 cm³/mol. The number of methoxy groups -OCH3 is 1. The first kappa shape index (κ1) is 17.4. The molecule has 1 aliphatic carbocycles. The minimum absolute atomic E-state index is 0.182. The first-order valence-corrected chi connectivity index (χ1v) is 9.20. The van der Waals surface area contributed by atoms with Crippen LogP contribution >= 0.6 is 0 Å². The lowest BCUT2D eigenvalue weighted by molar-refractivity contribution is -0.481. The summed E-state index contributed by atoms with van der Waals surface area (Å²) in [4.78, 5) is 11.9. The predicted octanol–water partition coefficient (Wildman–Crippen LogP) is 1.43. The van der Waals surface area contributed by atoms with Crippen LogP contribution in [0.3, 0.4) is 0 Å². The number of aliphatic hydroxyl groups is 1. The summed E-state index contributed by atoms with van der Waals surface area (Å²) in [5.41, 5.74) is 0.409. The van der Waals surface area contributed by atoms with E-state index in [9.17, 15) is 9.90 Å². The van der Waals surface area contributed by atoms with Crippen molar-refractivity contribution in [2.24, 2.45) is 0 Å². The van der Waals surface area contributed by atoms with Gasteiger partial charge in [-0.15, -0.1) is 0 Å². The van der Waals surface area contributed by atoms with E-state index >= 15 is 0 Å². The zero-order valence-corrected chi connectivity index (χ0v) is 14.6. The van der Waals surface area contributed by atoms with E-state index < -0.39 is 35.9 Å². The van der Waals surface area contributed by atoms with Gasteiger partial charge in [-0.05, 0) is 31.8 Å². The lowest BCUT2D eigenvalue weighted by atomic mass is 9.85. The molecule has 3 aliphatic heterocycles. The van der Waals surface area contributed by atoms with Gasteiger partial charge in [0.05, 0.1) is 26.4 Å². The maximum Gasteiger partial charge on any atom is 0.333 e. The number of esters is 1. The standard InChI is InChI=1S/C18H26O7/c1-21-16(20)12-10-13(19)15-14(11-12)24-17(6-2-4-8-22-17)18(25-15)7-3-5-9-23-18/h11,13-15,19H,2-10H2,1H3/t13-,14+,15+,17-,18-/m1/s1. The van der Waals surface area contributed by atoms with E-state index in [4.69, 9.17) is 23.7 Å². The molecule has 0 saturated carbocycles. The largest absolute Gasteiger partial charge is 0.466 e. The van der Waals surface area contributed by atoms with Gasteiger partial charge in [-0.3, -0.25) is 0 Å². The summed E-state index contributed by atoms with van der Waals surface area (Å²) >= 11 is 0. The maximum absolute atomic E-state index is 11.9. The Kier molecular flexibility index (Phi) is 4.62. The number of aliphatic hydroxyl groups excluding tert-OH is 1. The number of hydrogen-bond acceptors (Lipinski definition) is 7. The molecule has 4 rings (SSSR count). The van der Waals surface area contributed by atoms with Crippen LogP contribution in [0.25, 0.3) is 0 Å². The molecular formula is C18H26O7. The Morgan fingerprint density at radius 1 is 1.12 bits per heavy atom. The molecule has 0 radical (unpaired) electrons. The summed E-state index contributed by atoms with van der Waals surface area (Å²) in [6.45, 7) is 1.17. The van der Waals surface area contributed by atoms with Crippen LogP contribution in [0.15, 0.2) is 11.6 Å². The third-order valence-electron chi connectivity index (χ3n) is 5.65. The lowest BCUT2D eigenvalue weighted by Crippen LogP contribution is -2.71. The quantitative estimate of drug-likeness (QED) is 0.713. The van der Waals surface area contributed by atoms with Crippen LogP contribution in [0.4, 0.5) is 0 Å². The highest BCUT2D eigenvalue weighted by Crippen LogP contribution is 2.50. The highest BCUT2D eigenvalue weighted by Gasteiger charge is 2.64. The van der Waals surface area contributed by atoms with Crippen molar-refractivity contribution < 1.29 is 33.6 Å². The van der Waals surface area contributed by atoms with Crippen LogP contribution in [-0.4, -0.2) is 61.3 Å². The Balaban J connectivity index is 1.68. The van der Waals surface area contributed by atoms with Crippen LogP contribution in [0.1, 0.15) is 44.9 Å². The van der Waals surface area contributed by atoms with E-state index in [1.54, 1.807) is 6.08 Å². The molecule has 1 N–H and O–H groups in total. The normalized spacial score (nSPS) is 44.2. The van der Waals surface area contributed by atoms with Gasteiger partial charge in [-0.25, -0.2) is 4.79 Å². The van der Waals surface area contributed by atoms with Gasteiger partial charge in [0, 0.05) is 24.8 Å². The monoisotopic (exact) mass is 354 g/mol. The van der Waals surface area contributed by atoms with Crippen molar-refractivity contribution in [3.8, 4) is 0 Å². The van der Waals surface area contributed by atoms with Gasteiger partial charge in [-0.1, -0.05) is 0 Å². The third kappa shape index (κ3) is 2.82. The van der Waals surface area contributed by atoms with Crippen molar-refractivity contribution >= 4 is 5.97 Å². The molecule has 7 heteroatoms. The van der Waals surface area contributed by atoms with Crippen molar-refractivity contribution in [1.82, 2.24) is 0 Å². The highest BCUT2D eigenvalue weighted by atomic mass is 16.8. The summed E-state index contributed by atoms with van der Waals surface area (Å²) in [6, 6.07) is 0. The molecule has 3 fully saturated rings. The molecule has 140 valence electrons. The van der Waals surface area contributed by atoms with Gasteiger partial charge in [0.1, 0.15) is 12.2 Å². The number of carbonyl (C=O) groups excluding carboxylic acids is 1. The second kappa shape index (κ2) is 6.63. The molecule has 0 aromatic rings. The van der Waals surface area contributed by atoms with Crippen molar-refractivity contribution in [1.29, 1.82) is 0 Å². The van der Waals surface area contributed by atoms with Crippen LogP contribution < -0.4 is 0 Å². The number of fused-ring (bicyclic) bond motifs is 2. The molecule has 0 unspecified atom stereocenters. The summed E-state index contributed by atoms with van der Waals surface area (Å²) in [5, 5.41) is 10.6. The van der Waals surface area contributed by atoms with Crippen molar-refractivity contribution in [2.75, 3.05) is 20.3 Å². The topological polar surface area (TPSA) is 83.5 Å². The first-order valence-electron chi connectivity index (χ1n) is 9.20. The van der Waals surface area contributed by atoms with Gasteiger partial charge in [0.2, 0.25) is 11.6 Å². The minimum atomic E-state index is -0.984. The van der Waals surface area contributed by atoms with Gasteiger partial charge < -0.3 is 28.8 Å². The van der Waals surface area contributed by atoms with E-state index in [1.807, 2.05) is 0 Å². The Bertz CT molecular complexity index is 546. The fourth-order valence-electron chi connectivity index (χ4n) is 4.39. The van der Waals surface area contributed by atoms with E-state index in [1.165, 1.54) is 7.11 Å². The lowest BCUT2D eigenvalue weighted by Gasteiger charge is -2.58. The molecule has 3 saturated heterocycles. The second-order valence-corrected chi connectivity index (χ2v) is 7.24. The van der Waals surface area contributed by atoms with E-state index in [2.05, 4.69) is 0 Å². The van der Waals surface area contributed by atoms with Crippen LogP contribution in [-0.2, 0) is 28.5 Å². The molecule has 5 atom stereocenters. The number of hydrogen-bond donors (Lipinski definition) is 1. The van der Waals surface area contributed by atoms with Gasteiger partial charge in [0.25, 0.3) is 0 Å². The second-order valence-electron chi connectivity index (χ2n) is 7.24. The number of carbonyl (C=O) groups is 1. The van der Waals surface area contributed by atoms with Crippen molar-refractivity contribution in [3.63, 3.8) is 0 Å². The number of rotatable bonds is 1. The number of ether oxygens (including phenoxy) is 5. The summed E-state index contributed by atoms with van der Waals surface area (Å²) in [5.74, 6) is -2.42. The highest BCUT2D eigenvalue weighted by molar-refractivity contribution is 5.88. The third-order valence-corrected chi connectivity index (χ3v) is 5.65. The SMILES string of the molecule is COC(=O)C1=C[C@@H]2O[C@]3(CCCCO3)[C@@]3(CCCCO3)O[C@H]2[C@H](O)C1. The average molecular weight is 354 g/mol. The molecule has 0 aromatic carbocycles. The fourth-order valence-corrected chi connectivity index (χ4v) is 4.39. The molecule has 0 bridgehead atoms. The summed E-state index contributed by atoms with van der Waals surface area (Å²) < 4.78 is 29.8. The molecule has 4 aliphatic rings. The molecule has 2 spiro atoms. The Morgan fingerprint density at radius 3 is 2.32 bits per heavy atom. The van der Waals surface area contributed by atoms with E-state index in [-0.39, 0.29) is 6.42 Å². The van der Waals surface area contributed by atoms with Gasteiger partial charge in [-0.2, -0.15) is 0 Å². The molecular weight excluding hydrogens is 328 g/mol. The molecule has 0 aromatic heterocycles. The molecule has 7 nitrogen and oxygen atoms in total. The van der Waals surface area contributed by atoms with Crippen molar-refractivity contribution in [3.05, 3.63) is 11.6 Å². The molecule has 25 heavy (non-hydrogen) atoms. The Morgan fingerprint density at radius 2 is 1.76 bits per heavy atom. The van der Waals surface area contributed by atoms with Crippen LogP contribution in [0, 0.1) is 0 Å². The Hall–Kier alpha value is -0.990. The summed E-state index contributed by atoms with van der Waals surface area (Å²) in [7, 11) is 1.33. The van der Waals surface area contributed by atoms with Crippen molar-refractivity contribution in [2.45, 2.75) is 74.8 Å². The van der Waals surface area contributed by atoms with Crippen LogP contribution in [0.5, 0.6) is 0 Å². The fraction of sp³-hybridized carbons (Fsp3) is 0.833. The van der Waals surface area contributed by atoms with E-state index in [0.29, 0.717) is 31.6 Å². The average Bonchev–Trinajstić information content (AvgIpc) is 2.64. The first-order chi connectivity index (χ1) is 12.1. The maximum atomic E-state index is 11.9. The van der Waals surface area contributed by atoms with E-state index in [0.717, 1.165) is 25.7 Å². The molecule has 3 heterocycles. The summed E-state index contributed by atoms with van der Waals surface area (Å²) in [6.07, 6.45) is 5.12. The smallest absolute Gasteiger partial charge is 0.333 e. The Labute approximate surface area is 147 Å². The molecule has 0 amide bonds. The van der Waals surface area contributed by atoms with Gasteiger partial charge in [0.15, 0.2) is 0 Å². The van der Waals surface area contributed by atoms with Crippen LogP contribution in [0.2, 0.25) is 0 Å². The zero-order valence-electron chi connectivity index (χ0n) is 14.6. The zero-order chi connectivity index (χ0) is 17.5. The minimum Gasteiger partial charge on any atom is -0.466 e.